The van der Waals surface area contributed by atoms with Crippen LogP contribution in [0, 0.1) is 5.41 Å². The van der Waals surface area contributed by atoms with E-state index in [0.717, 1.165) is 30.4 Å². The largest absolute Gasteiger partial charge is 0.480 e. The molecule has 0 spiro atoms. The van der Waals surface area contributed by atoms with Crippen molar-refractivity contribution in [1.82, 2.24) is 5.32 Å². The first-order chi connectivity index (χ1) is 19.0. The minimum Gasteiger partial charge on any atom is -0.480 e. The van der Waals surface area contributed by atoms with Gasteiger partial charge >= 0.3 is 13.6 Å². The van der Waals surface area contributed by atoms with Crippen molar-refractivity contribution in [3.8, 4) is 0 Å². The molecule has 1 fully saturated rings. The molecule has 2 amide bonds. The van der Waals surface area contributed by atoms with Crippen LogP contribution in [-0.4, -0.2) is 45.3 Å². The second-order valence-corrected chi connectivity index (χ2v) is 13.2. The van der Waals surface area contributed by atoms with Crippen molar-refractivity contribution in [2.75, 3.05) is 11.4 Å². The molecule has 0 radical (unpaired) electrons. The van der Waals surface area contributed by atoms with Crippen molar-refractivity contribution in [2.45, 2.75) is 82.3 Å². The number of benzene rings is 2. The first kappa shape index (κ1) is 28.5. The normalized spacial score (nSPS) is 21.7. The van der Waals surface area contributed by atoms with Crippen LogP contribution in [0.3, 0.4) is 0 Å². The van der Waals surface area contributed by atoms with Gasteiger partial charge in [-0.15, -0.1) is 0 Å². The van der Waals surface area contributed by atoms with E-state index in [1.807, 2.05) is 24.3 Å². The van der Waals surface area contributed by atoms with E-state index >= 15 is 0 Å². The van der Waals surface area contributed by atoms with Crippen LogP contribution in [0.1, 0.15) is 74.1 Å². The maximum Gasteiger partial charge on any atom is 0.337 e. The summed E-state index contributed by atoms with van der Waals surface area (Å²) in [6.07, 6.45) is 5.33. The Labute approximate surface area is 234 Å². The van der Waals surface area contributed by atoms with Gasteiger partial charge in [-0.3, -0.25) is 23.8 Å². The highest BCUT2D eigenvalue weighted by Gasteiger charge is 2.66. The van der Waals surface area contributed by atoms with Crippen LogP contribution < -0.4 is 10.2 Å². The van der Waals surface area contributed by atoms with Crippen LogP contribution in [0.5, 0.6) is 0 Å². The smallest absolute Gasteiger partial charge is 0.337 e. The number of amides is 2. The summed E-state index contributed by atoms with van der Waals surface area (Å²) in [7, 11) is -4.91. The topological polar surface area (TPSA) is 144 Å². The lowest BCUT2D eigenvalue weighted by molar-refractivity contribution is -0.138. The molecule has 2 atom stereocenters. The number of aliphatic carboxylic acids is 1. The zero-order valence-electron chi connectivity index (χ0n) is 22.8. The zero-order valence-corrected chi connectivity index (χ0v) is 23.7. The highest BCUT2D eigenvalue weighted by atomic mass is 31.2. The van der Waals surface area contributed by atoms with Gasteiger partial charge in [0.05, 0.1) is 5.41 Å². The lowest BCUT2D eigenvalue weighted by Gasteiger charge is -2.48. The third kappa shape index (κ3) is 4.58. The highest BCUT2D eigenvalue weighted by Crippen LogP contribution is 2.71. The van der Waals surface area contributed by atoms with Crippen molar-refractivity contribution in [3.05, 3.63) is 64.7 Å². The number of hydrogen-bond acceptors (Lipinski definition) is 4. The van der Waals surface area contributed by atoms with Gasteiger partial charge in [0.1, 0.15) is 17.7 Å². The number of nitrogens with one attached hydrogen (secondary N) is 1. The molecule has 0 bridgehead atoms. The van der Waals surface area contributed by atoms with Crippen LogP contribution in [0.2, 0.25) is 0 Å². The van der Waals surface area contributed by atoms with Crippen LogP contribution in [-0.2, 0) is 43.4 Å². The molecule has 214 valence electrons. The summed E-state index contributed by atoms with van der Waals surface area (Å²) < 4.78 is 13.6. The second-order valence-electron chi connectivity index (χ2n) is 11.4. The number of carboxylic acids is 1. The van der Waals surface area contributed by atoms with Crippen molar-refractivity contribution in [3.63, 3.8) is 0 Å². The first-order valence-corrected chi connectivity index (χ1v) is 15.8. The molecule has 40 heavy (non-hydrogen) atoms. The lowest BCUT2D eigenvalue weighted by atomic mass is 9.67. The number of anilines is 1. The van der Waals surface area contributed by atoms with Crippen LogP contribution in [0.15, 0.2) is 42.5 Å². The zero-order chi connectivity index (χ0) is 28.7. The predicted molar refractivity (Wildman–Crippen MR) is 150 cm³/mol. The van der Waals surface area contributed by atoms with Crippen molar-refractivity contribution in [1.29, 1.82) is 0 Å². The minimum absolute atomic E-state index is 0.0542. The number of carbonyl (C=O) groups is 3. The summed E-state index contributed by atoms with van der Waals surface area (Å²) in [5.41, 5.74) is 2.60. The number of carboxylic acid groups (broad SMARTS) is 1. The molecular weight excluding hydrogens is 531 g/mol. The summed E-state index contributed by atoms with van der Waals surface area (Å²) in [5, 5.41) is 10.7. The summed E-state index contributed by atoms with van der Waals surface area (Å²) in [5.74, 6) is -2.26. The number of fused-ring (bicyclic) bond motifs is 2. The minimum atomic E-state index is -4.91. The molecule has 1 heterocycles. The quantitative estimate of drug-likeness (QED) is 0.352. The Kier molecular flexibility index (Phi) is 7.68. The molecule has 4 N–H and O–H groups in total. The second kappa shape index (κ2) is 10.8. The van der Waals surface area contributed by atoms with Gasteiger partial charge < -0.3 is 20.2 Å². The SMILES string of the molecule is CCC(c1ccc2c(c1)CCC2)(C1(C(=O)N[C@H]2CCc3ccccc3N(CC(=O)O)C2=O)CCCC1)P(=O)(O)O. The number of aryl methyl sites for hydroxylation is 3. The highest BCUT2D eigenvalue weighted by molar-refractivity contribution is 7.53. The third-order valence-corrected chi connectivity index (χ3v) is 11.4. The lowest BCUT2D eigenvalue weighted by Crippen LogP contribution is -2.58. The summed E-state index contributed by atoms with van der Waals surface area (Å²) in [6, 6.07) is 11.7. The van der Waals surface area contributed by atoms with E-state index in [4.69, 9.17) is 0 Å². The molecule has 9 nitrogen and oxygen atoms in total. The van der Waals surface area contributed by atoms with Gasteiger partial charge in [0.25, 0.3) is 0 Å². The number of rotatable bonds is 8. The monoisotopic (exact) mass is 568 g/mol. The summed E-state index contributed by atoms with van der Waals surface area (Å²) >= 11 is 0. The van der Waals surface area contributed by atoms with Crippen molar-refractivity contribution in [2.24, 2.45) is 5.41 Å². The molecule has 3 aliphatic rings. The Balaban J connectivity index is 1.55. The Morgan fingerprint density at radius 3 is 2.40 bits per heavy atom. The third-order valence-electron chi connectivity index (χ3n) is 9.42. The predicted octanol–water partition coefficient (Wildman–Crippen LogP) is 4.07. The average Bonchev–Trinajstić information content (AvgIpc) is 3.57. The number of para-hydroxylation sites is 1. The first-order valence-electron chi connectivity index (χ1n) is 14.1. The van der Waals surface area contributed by atoms with E-state index in [-0.39, 0.29) is 25.7 Å². The molecule has 1 aliphatic heterocycles. The number of carbonyl (C=O) groups excluding carboxylic acids is 2. The summed E-state index contributed by atoms with van der Waals surface area (Å²) in [4.78, 5) is 63.1. The molecule has 5 rings (SSSR count). The number of nitrogens with zero attached hydrogens (tertiary/aromatic N) is 1. The molecule has 1 unspecified atom stereocenters. The van der Waals surface area contributed by atoms with E-state index in [9.17, 15) is 33.8 Å². The Morgan fingerprint density at radius 2 is 1.73 bits per heavy atom. The van der Waals surface area contributed by atoms with E-state index in [1.165, 1.54) is 10.5 Å². The van der Waals surface area contributed by atoms with Gasteiger partial charge in [0.15, 0.2) is 0 Å². The molecule has 2 aromatic rings. The van der Waals surface area contributed by atoms with Crippen LogP contribution >= 0.6 is 7.60 Å². The van der Waals surface area contributed by atoms with Gasteiger partial charge in [0.2, 0.25) is 11.8 Å². The maximum atomic E-state index is 14.4. The molecule has 2 aromatic carbocycles. The Hall–Kier alpha value is -3.00. The molecular formula is C30H37N2O7P. The van der Waals surface area contributed by atoms with Gasteiger partial charge in [-0.05, 0) is 79.7 Å². The van der Waals surface area contributed by atoms with Gasteiger partial charge in [-0.2, -0.15) is 0 Å². The molecule has 1 saturated carbocycles. The van der Waals surface area contributed by atoms with Gasteiger partial charge in [-0.1, -0.05) is 56.2 Å². The van der Waals surface area contributed by atoms with Gasteiger partial charge in [0, 0.05) is 5.69 Å². The van der Waals surface area contributed by atoms with E-state index in [0.29, 0.717) is 30.5 Å². The molecule has 10 heteroatoms. The molecule has 0 aromatic heterocycles. The van der Waals surface area contributed by atoms with Gasteiger partial charge in [-0.25, -0.2) is 0 Å². The fraction of sp³-hybridized carbons (Fsp3) is 0.500. The number of hydrogen-bond donors (Lipinski definition) is 4. The fourth-order valence-corrected chi connectivity index (χ4v) is 9.32. The molecule has 2 aliphatic carbocycles. The van der Waals surface area contributed by atoms with Crippen LogP contribution in [0.4, 0.5) is 5.69 Å². The Bertz CT molecular complexity index is 1380. The van der Waals surface area contributed by atoms with E-state index in [1.54, 1.807) is 25.1 Å². The fourth-order valence-electron chi connectivity index (χ4n) is 7.55. The Morgan fingerprint density at radius 1 is 1.02 bits per heavy atom. The standard InChI is InChI=1S/C30H37N2O7P/c1-2-30(40(37,38)39,23-14-12-20-9-7-10-22(20)18-23)29(16-5-6-17-29)28(36)31-24-15-13-21-8-3-4-11-25(21)32(27(24)35)19-26(33)34/h3-4,8,11-12,14,18,24H,2,5-7,9-10,13,15-17,19H2,1H3,(H,31,36)(H,33,34)(H2,37,38,39)/t24-,30?/m0/s1. The van der Waals surface area contributed by atoms with Crippen molar-refractivity contribution < 1.29 is 33.8 Å². The summed E-state index contributed by atoms with van der Waals surface area (Å²) in [6.45, 7) is 1.17. The van der Waals surface area contributed by atoms with Crippen LogP contribution in [0.25, 0.3) is 0 Å². The van der Waals surface area contributed by atoms with Crippen molar-refractivity contribution >= 4 is 31.1 Å². The van der Waals surface area contributed by atoms with E-state index in [2.05, 4.69) is 5.32 Å². The van der Waals surface area contributed by atoms with E-state index < -0.39 is 48.5 Å². The average molecular weight is 569 g/mol. The molecule has 0 saturated heterocycles. The maximum absolute atomic E-state index is 14.4.